The first-order chi connectivity index (χ1) is 8.65. The van der Waals surface area contributed by atoms with Crippen LogP contribution >= 0.6 is 0 Å². The van der Waals surface area contributed by atoms with Gasteiger partial charge >= 0.3 is 0 Å². The lowest BCUT2D eigenvalue weighted by atomic mass is 10.0. The molecule has 1 heterocycles. The molecule has 1 fully saturated rings. The molecule has 2 rings (SSSR count). The predicted molar refractivity (Wildman–Crippen MR) is 76.2 cm³/mol. The van der Waals surface area contributed by atoms with Crippen LogP contribution in [0, 0.1) is 13.8 Å². The van der Waals surface area contributed by atoms with Gasteiger partial charge in [-0.25, -0.2) is 0 Å². The van der Waals surface area contributed by atoms with E-state index >= 15 is 0 Å². The molecule has 1 unspecified atom stereocenters. The number of benzene rings is 1. The number of likely N-dealkylation sites (tertiary alicyclic amines) is 1. The highest BCUT2D eigenvalue weighted by atomic mass is 16.5. The van der Waals surface area contributed by atoms with Crippen LogP contribution in [0.2, 0.25) is 0 Å². The summed E-state index contributed by atoms with van der Waals surface area (Å²) in [5.41, 5.74) is 4.04. The number of hydrogen-bond acceptors (Lipinski definition) is 2. The van der Waals surface area contributed by atoms with Crippen LogP contribution in [0.3, 0.4) is 0 Å². The second-order valence-corrected chi connectivity index (χ2v) is 5.42. The summed E-state index contributed by atoms with van der Waals surface area (Å²) in [7, 11) is 1.75. The molecule has 1 saturated heterocycles. The lowest BCUT2D eigenvalue weighted by molar-refractivity contribution is 0.239. The van der Waals surface area contributed by atoms with Gasteiger partial charge in [0.05, 0.1) is 7.11 Å². The Labute approximate surface area is 111 Å². The maximum absolute atomic E-state index is 5.38. The van der Waals surface area contributed by atoms with E-state index in [-0.39, 0.29) is 0 Å². The Bertz CT molecular complexity index is 414. The number of rotatable bonds is 4. The standard InChI is InChI=1S/C16H25NO/c1-5-15-7-6-8-17(15)11-14-9-13(3)16(18-4)10-12(14)2/h9-10,15H,5-8,11H2,1-4H3. The summed E-state index contributed by atoms with van der Waals surface area (Å²) in [6.45, 7) is 8.96. The molecule has 1 atom stereocenters. The van der Waals surface area contributed by atoms with Crippen molar-refractivity contribution < 1.29 is 4.74 Å². The van der Waals surface area contributed by atoms with E-state index in [1.54, 1.807) is 7.11 Å². The zero-order valence-electron chi connectivity index (χ0n) is 12.1. The van der Waals surface area contributed by atoms with Crippen LogP contribution in [0.25, 0.3) is 0 Å². The molecular weight excluding hydrogens is 222 g/mol. The number of ether oxygens (including phenoxy) is 1. The second-order valence-electron chi connectivity index (χ2n) is 5.42. The van der Waals surface area contributed by atoms with Crippen LogP contribution in [0.1, 0.15) is 42.9 Å². The summed E-state index contributed by atoms with van der Waals surface area (Å²) in [5, 5.41) is 0. The predicted octanol–water partition coefficient (Wildman–Crippen LogP) is 3.69. The highest BCUT2D eigenvalue weighted by Gasteiger charge is 2.23. The highest BCUT2D eigenvalue weighted by Crippen LogP contribution is 2.27. The first kappa shape index (κ1) is 13.4. The Kier molecular flexibility index (Phi) is 4.28. The van der Waals surface area contributed by atoms with Gasteiger partial charge in [0, 0.05) is 12.6 Å². The quantitative estimate of drug-likeness (QED) is 0.804. The monoisotopic (exact) mass is 247 g/mol. The van der Waals surface area contributed by atoms with E-state index in [1.165, 1.54) is 42.5 Å². The summed E-state index contributed by atoms with van der Waals surface area (Å²) in [4.78, 5) is 2.63. The first-order valence-corrected chi connectivity index (χ1v) is 7.03. The van der Waals surface area contributed by atoms with E-state index in [0.717, 1.165) is 18.3 Å². The summed E-state index contributed by atoms with van der Waals surface area (Å²) in [5.74, 6) is 1.00. The molecule has 0 N–H and O–H groups in total. The molecule has 2 heteroatoms. The van der Waals surface area contributed by atoms with Crippen LogP contribution < -0.4 is 4.74 Å². The third kappa shape index (κ3) is 2.69. The van der Waals surface area contributed by atoms with Gasteiger partial charge in [-0.05, 0) is 62.4 Å². The zero-order valence-corrected chi connectivity index (χ0v) is 12.1. The minimum Gasteiger partial charge on any atom is -0.496 e. The molecule has 1 aliphatic rings. The normalized spacial score (nSPS) is 20.3. The molecule has 1 aliphatic heterocycles. The van der Waals surface area contributed by atoms with Crippen molar-refractivity contribution in [1.29, 1.82) is 0 Å². The molecule has 0 saturated carbocycles. The maximum atomic E-state index is 5.38. The van der Waals surface area contributed by atoms with Gasteiger partial charge in [0.1, 0.15) is 5.75 Å². The van der Waals surface area contributed by atoms with Gasteiger partial charge in [-0.15, -0.1) is 0 Å². The lowest BCUT2D eigenvalue weighted by Crippen LogP contribution is -2.28. The molecule has 0 amide bonds. The Balaban J connectivity index is 2.16. The number of hydrogen-bond donors (Lipinski definition) is 0. The largest absolute Gasteiger partial charge is 0.496 e. The fourth-order valence-electron chi connectivity index (χ4n) is 3.02. The van der Waals surface area contributed by atoms with E-state index in [1.807, 2.05) is 0 Å². The topological polar surface area (TPSA) is 12.5 Å². The minimum absolute atomic E-state index is 0.784. The lowest BCUT2D eigenvalue weighted by Gasteiger charge is -2.24. The Morgan fingerprint density at radius 1 is 1.28 bits per heavy atom. The fraction of sp³-hybridized carbons (Fsp3) is 0.625. The molecule has 100 valence electrons. The summed E-state index contributed by atoms with van der Waals surface area (Å²) < 4.78 is 5.38. The van der Waals surface area contributed by atoms with Crippen molar-refractivity contribution in [2.75, 3.05) is 13.7 Å². The Morgan fingerprint density at radius 2 is 2.06 bits per heavy atom. The fourth-order valence-corrected chi connectivity index (χ4v) is 3.02. The SMILES string of the molecule is CCC1CCCN1Cc1cc(C)c(OC)cc1C. The van der Waals surface area contributed by atoms with E-state index in [2.05, 4.69) is 37.8 Å². The van der Waals surface area contributed by atoms with Crippen molar-refractivity contribution >= 4 is 0 Å². The molecular formula is C16H25NO. The van der Waals surface area contributed by atoms with Crippen molar-refractivity contribution in [3.63, 3.8) is 0 Å². The third-order valence-corrected chi connectivity index (χ3v) is 4.20. The molecule has 0 aliphatic carbocycles. The summed E-state index contributed by atoms with van der Waals surface area (Å²) in [6.07, 6.45) is 3.99. The van der Waals surface area contributed by atoms with Crippen molar-refractivity contribution in [2.24, 2.45) is 0 Å². The second kappa shape index (κ2) is 5.75. The Morgan fingerprint density at radius 3 is 2.72 bits per heavy atom. The molecule has 0 radical (unpaired) electrons. The van der Waals surface area contributed by atoms with Crippen molar-refractivity contribution in [2.45, 2.75) is 52.6 Å². The molecule has 0 aromatic heterocycles. The van der Waals surface area contributed by atoms with Gasteiger partial charge in [0.2, 0.25) is 0 Å². The van der Waals surface area contributed by atoms with Gasteiger partial charge in [0.25, 0.3) is 0 Å². The first-order valence-electron chi connectivity index (χ1n) is 7.03. The average Bonchev–Trinajstić information content (AvgIpc) is 2.80. The summed E-state index contributed by atoms with van der Waals surface area (Å²) in [6, 6.07) is 5.24. The van der Waals surface area contributed by atoms with Crippen LogP contribution in [0.4, 0.5) is 0 Å². The minimum atomic E-state index is 0.784. The Hall–Kier alpha value is -1.02. The molecule has 1 aromatic rings. The van der Waals surface area contributed by atoms with Crippen molar-refractivity contribution in [3.05, 3.63) is 28.8 Å². The smallest absolute Gasteiger partial charge is 0.122 e. The third-order valence-electron chi connectivity index (χ3n) is 4.20. The summed E-state index contributed by atoms with van der Waals surface area (Å²) >= 11 is 0. The molecule has 2 nitrogen and oxygen atoms in total. The van der Waals surface area contributed by atoms with Gasteiger partial charge in [0.15, 0.2) is 0 Å². The zero-order chi connectivity index (χ0) is 13.1. The van der Waals surface area contributed by atoms with Crippen LogP contribution in [0.5, 0.6) is 5.75 Å². The van der Waals surface area contributed by atoms with Gasteiger partial charge in [-0.2, -0.15) is 0 Å². The molecule has 18 heavy (non-hydrogen) atoms. The van der Waals surface area contributed by atoms with E-state index in [4.69, 9.17) is 4.74 Å². The van der Waals surface area contributed by atoms with Gasteiger partial charge in [-0.1, -0.05) is 13.0 Å². The van der Waals surface area contributed by atoms with Crippen LogP contribution in [-0.4, -0.2) is 24.6 Å². The number of aryl methyl sites for hydroxylation is 2. The number of methoxy groups -OCH3 is 1. The van der Waals surface area contributed by atoms with Crippen molar-refractivity contribution in [1.82, 2.24) is 4.90 Å². The van der Waals surface area contributed by atoms with E-state index in [9.17, 15) is 0 Å². The highest BCUT2D eigenvalue weighted by molar-refractivity contribution is 5.41. The average molecular weight is 247 g/mol. The van der Waals surface area contributed by atoms with E-state index < -0.39 is 0 Å². The molecule has 1 aromatic carbocycles. The number of nitrogens with zero attached hydrogens (tertiary/aromatic N) is 1. The van der Waals surface area contributed by atoms with Crippen LogP contribution in [0.15, 0.2) is 12.1 Å². The molecule has 0 bridgehead atoms. The van der Waals surface area contributed by atoms with Gasteiger partial charge < -0.3 is 4.74 Å². The van der Waals surface area contributed by atoms with E-state index in [0.29, 0.717) is 0 Å². The van der Waals surface area contributed by atoms with Gasteiger partial charge in [-0.3, -0.25) is 4.90 Å². The maximum Gasteiger partial charge on any atom is 0.122 e. The molecule has 0 spiro atoms. The van der Waals surface area contributed by atoms with Crippen LogP contribution in [-0.2, 0) is 6.54 Å². The van der Waals surface area contributed by atoms with Crippen molar-refractivity contribution in [3.8, 4) is 5.75 Å².